The van der Waals surface area contributed by atoms with Gasteiger partial charge in [-0.05, 0) is 18.9 Å². The predicted molar refractivity (Wildman–Crippen MR) is 49.1 cm³/mol. The van der Waals surface area contributed by atoms with Gasteiger partial charge in [0, 0.05) is 18.5 Å². The van der Waals surface area contributed by atoms with Crippen molar-refractivity contribution in [3.05, 3.63) is 0 Å². The summed E-state index contributed by atoms with van der Waals surface area (Å²) < 4.78 is 5.23. The fraction of sp³-hybridized carbons (Fsp3) is 1.00. The van der Waals surface area contributed by atoms with Gasteiger partial charge in [-0.1, -0.05) is 13.8 Å². The Morgan fingerprint density at radius 2 is 2.00 bits per heavy atom. The van der Waals surface area contributed by atoms with E-state index in [9.17, 15) is 0 Å². The zero-order valence-corrected chi connectivity index (χ0v) is 8.18. The first kappa shape index (κ1) is 8.52. The lowest BCUT2D eigenvalue weighted by Crippen LogP contribution is -2.65. The monoisotopic (exact) mass is 169 g/mol. The number of likely N-dealkylation sites (tertiary alicyclic amines) is 1. The summed E-state index contributed by atoms with van der Waals surface area (Å²) in [7, 11) is 0. The molecule has 0 amide bonds. The molecule has 0 N–H and O–H groups in total. The molecule has 2 aliphatic heterocycles. The summed E-state index contributed by atoms with van der Waals surface area (Å²) in [4.78, 5) is 2.56. The highest BCUT2D eigenvalue weighted by atomic mass is 16.5. The van der Waals surface area contributed by atoms with E-state index in [2.05, 4.69) is 18.7 Å². The van der Waals surface area contributed by atoms with Crippen LogP contribution in [0, 0.1) is 11.3 Å². The van der Waals surface area contributed by atoms with Crippen LogP contribution < -0.4 is 0 Å². The van der Waals surface area contributed by atoms with Crippen LogP contribution in [-0.4, -0.2) is 37.7 Å². The minimum absolute atomic E-state index is 0.608. The van der Waals surface area contributed by atoms with E-state index >= 15 is 0 Å². The van der Waals surface area contributed by atoms with E-state index in [1.807, 2.05) is 0 Å². The Balaban J connectivity index is 1.62. The standard InChI is InChI=1S/C10H19NO/c1-9(2)3-4-11-5-10(6-11)7-12-8-10/h9H,3-8H2,1-2H3. The Bertz CT molecular complexity index is 155. The topological polar surface area (TPSA) is 12.5 Å². The molecule has 12 heavy (non-hydrogen) atoms. The highest BCUT2D eigenvalue weighted by molar-refractivity contribution is 4.99. The minimum Gasteiger partial charge on any atom is -0.380 e. The van der Waals surface area contributed by atoms with Crippen molar-refractivity contribution < 1.29 is 4.74 Å². The first-order valence-corrected chi connectivity index (χ1v) is 5.00. The average Bonchev–Trinajstić information content (AvgIpc) is 1.79. The lowest BCUT2D eigenvalue weighted by Gasteiger charge is -2.55. The normalized spacial score (nSPS) is 27.2. The predicted octanol–water partition coefficient (Wildman–Crippen LogP) is 1.36. The molecule has 1 spiro atoms. The van der Waals surface area contributed by atoms with Gasteiger partial charge in [0.1, 0.15) is 0 Å². The molecule has 0 radical (unpaired) electrons. The average molecular weight is 169 g/mol. The molecule has 2 aliphatic rings. The van der Waals surface area contributed by atoms with Gasteiger partial charge < -0.3 is 9.64 Å². The molecule has 0 aliphatic carbocycles. The van der Waals surface area contributed by atoms with E-state index < -0.39 is 0 Å². The van der Waals surface area contributed by atoms with Gasteiger partial charge in [0.15, 0.2) is 0 Å². The summed E-state index contributed by atoms with van der Waals surface area (Å²) in [5.41, 5.74) is 0.608. The molecule has 70 valence electrons. The molecule has 2 heterocycles. The minimum atomic E-state index is 0.608. The third kappa shape index (κ3) is 1.50. The van der Waals surface area contributed by atoms with Crippen molar-refractivity contribution in [2.24, 2.45) is 11.3 Å². The lowest BCUT2D eigenvalue weighted by atomic mass is 9.78. The van der Waals surface area contributed by atoms with Crippen LogP contribution in [0.3, 0.4) is 0 Å². The van der Waals surface area contributed by atoms with Crippen molar-refractivity contribution in [1.82, 2.24) is 4.90 Å². The van der Waals surface area contributed by atoms with Gasteiger partial charge in [-0.2, -0.15) is 0 Å². The van der Waals surface area contributed by atoms with Gasteiger partial charge in [-0.25, -0.2) is 0 Å². The first-order valence-electron chi connectivity index (χ1n) is 5.00. The summed E-state index contributed by atoms with van der Waals surface area (Å²) in [6.07, 6.45) is 1.34. The molecular weight excluding hydrogens is 150 g/mol. The highest BCUT2D eigenvalue weighted by Crippen LogP contribution is 2.37. The van der Waals surface area contributed by atoms with E-state index in [-0.39, 0.29) is 0 Å². The van der Waals surface area contributed by atoms with Crippen molar-refractivity contribution in [2.45, 2.75) is 20.3 Å². The van der Waals surface area contributed by atoms with E-state index in [0.29, 0.717) is 5.41 Å². The highest BCUT2D eigenvalue weighted by Gasteiger charge is 2.48. The van der Waals surface area contributed by atoms with Crippen LogP contribution in [0.5, 0.6) is 0 Å². The Kier molecular flexibility index (Phi) is 2.13. The van der Waals surface area contributed by atoms with Crippen LogP contribution in [0.1, 0.15) is 20.3 Å². The Morgan fingerprint density at radius 3 is 2.42 bits per heavy atom. The Morgan fingerprint density at radius 1 is 1.33 bits per heavy atom. The number of hydrogen-bond acceptors (Lipinski definition) is 2. The van der Waals surface area contributed by atoms with E-state index in [0.717, 1.165) is 19.1 Å². The number of hydrogen-bond donors (Lipinski definition) is 0. The fourth-order valence-electron chi connectivity index (χ4n) is 2.07. The number of ether oxygens (including phenoxy) is 1. The van der Waals surface area contributed by atoms with Crippen molar-refractivity contribution in [3.8, 4) is 0 Å². The van der Waals surface area contributed by atoms with Crippen molar-refractivity contribution >= 4 is 0 Å². The third-order valence-electron chi connectivity index (χ3n) is 2.96. The van der Waals surface area contributed by atoms with Crippen LogP contribution in [-0.2, 0) is 4.74 Å². The van der Waals surface area contributed by atoms with Crippen molar-refractivity contribution in [3.63, 3.8) is 0 Å². The SMILES string of the molecule is CC(C)CCN1CC2(COC2)C1. The second kappa shape index (κ2) is 3.00. The second-order valence-corrected chi connectivity index (χ2v) is 4.89. The van der Waals surface area contributed by atoms with Crippen LogP contribution in [0.4, 0.5) is 0 Å². The van der Waals surface area contributed by atoms with E-state index in [4.69, 9.17) is 4.74 Å². The summed E-state index contributed by atoms with van der Waals surface area (Å²) in [5.74, 6) is 0.846. The van der Waals surface area contributed by atoms with E-state index in [1.165, 1.54) is 26.1 Å². The van der Waals surface area contributed by atoms with Gasteiger partial charge in [0.25, 0.3) is 0 Å². The summed E-state index contributed by atoms with van der Waals surface area (Å²) >= 11 is 0. The van der Waals surface area contributed by atoms with Gasteiger partial charge in [-0.3, -0.25) is 0 Å². The first-order chi connectivity index (χ1) is 5.70. The second-order valence-electron chi connectivity index (χ2n) is 4.89. The zero-order chi connectivity index (χ0) is 8.60. The van der Waals surface area contributed by atoms with Gasteiger partial charge in [0.05, 0.1) is 13.2 Å². The Labute approximate surface area is 74.9 Å². The molecule has 2 fully saturated rings. The van der Waals surface area contributed by atoms with Crippen molar-refractivity contribution in [1.29, 1.82) is 0 Å². The smallest absolute Gasteiger partial charge is 0.0569 e. The van der Waals surface area contributed by atoms with Crippen LogP contribution in [0.2, 0.25) is 0 Å². The maximum Gasteiger partial charge on any atom is 0.0569 e. The van der Waals surface area contributed by atoms with Crippen LogP contribution >= 0.6 is 0 Å². The molecule has 0 saturated carbocycles. The Hall–Kier alpha value is -0.0800. The molecule has 2 heteroatoms. The molecule has 0 aromatic carbocycles. The molecule has 0 unspecified atom stereocenters. The molecule has 0 aromatic rings. The molecular formula is C10H19NO. The van der Waals surface area contributed by atoms with Crippen LogP contribution in [0.25, 0.3) is 0 Å². The quantitative estimate of drug-likeness (QED) is 0.632. The summed E-state index contributed by atoms with van der Waals surface area (Å²) in [6, 6.07) is 0. The maximum absolute atomic E-state index is 5.23. The molecule has 0 bridgehead atoms. The van der Waals surface area contributed by atoms with Gasteiger partial charge >= 0.3 is 0 Å². The fourth-order valence-corrected chi connectivity index (χ4v) is 2.07. The maximum atomic E-state index is 5.23. The molecule has 0 atom stereocenters. The summed E-state index contributed by atoms with van der Waals surface area (Å²) in [5, 5.41) is 0. The molecule has 0 aromatic heterocycles. The molecule has 2 saturated heterocycles. The molecule has 2 nitrogen and oxygen atoms in total. The van der Waals surface area contributed by atoms with Gasteiger partial charge in [-0.15, -0.1) is 0 Å². The van der Waals surface area contributed by atoms with E-state index in [1.54, 1.807) is 0 Å². The van der Waals surface area contributed by atoms with Gasteiger partial charge in [0.2, 0.25) is 0 Å². The third-order valence-corrected chi connectivity index (χ3v) is 2.96. The molecule has 2 rings (SSSR count). The number of rotatable bonds is 3. The lowest BCUT2D eigenvalue weighted by molar-refractivity contribution is -0.189. The van der Waals surface area contributed by atoms with Crippen LogP contribution in [0.15, 0.2) is 0 Å². The zero-order valence-electron chi connectivity index (χ0n) is 8.18. The largest absolute Gasteiger partial charge is 0.380 e. The van der Waals surface area contributed by atoms with Crippen molar-refractivity contribution in [2.75, 3.05) is 32.8 Å². The number of nitrogens with zero attached hydrogens (tertiary/aromatic N) is 1. The summed E-state index contributed by atoms with van der Waals surface area (Å²) in [6.45, 7) is 10.5.